The first kappa shape index (κ1) is 20.2. The molecule has 0 amide bonds. The molecule has 0 aliphatic carbocycles. The van der Waals surface area contributed by atoms with Gasteiger partial charge in [0, 0.05) is 18.3 Å². The van der Waals surface area contributed by atoms with Crippen molar-refractivity contribution in [3.8, 4) is 28.3 Å². The maximum Gasteiger partial charge on any atom is 0.146 e. The molecule has 5 aromatic rings. The summed E-state index contributed by atoms with van der Waals surface area (Å²) in [5.41, 5.74) is 11.1. The van der Waals surface area contributed by atoms with Gasteiger partial charge >= 0.3 is 0 Å². The number of fused-ring (bicyclic) bond motifs is 2. The highest BCUT2D eigenvalue weighted by atomic mass is 19.1. The molecule has 34 heavy (non-hydrogen) atoms. The number of imidazole rings is 1. The summed E-state index contributed by atoms with van der Waals surface area (Å²) >= 11 is 0. The number of ether oxygens (including phenoxy) is 1. The maximum atomic E-state index is 14.3. The van der Waals surface area contributed by atoms with E-state index in [0.717, 1.165) is 40.2 Å². The molecule has 3 aromatic heterocycles. The fraction of sp³-hybridized carbons (Fsp3) is 0.160. The van der Waals surface area contributed by atoms with Crippen molar-refractivity contribution in [1.82, 2.24) is 24.5 Å². The molecule has 8 nitrogen and oxygen atoms in total. The molecule has 4 N–H and O–H groups in total. The average molecular weight is 455 g/mol. The molecule has 1 unspecified atom stereocenters. The Labute approximate surface area is 194 Å². The van der Waals surface area contributed by atoms with Crippen LogP contribution in [0.4, 0.5) is 15.9 Å². The van der Waals surface area contributed by atoms with Crippen LogP contribution < -0.4 is 15.8 Å². The van der Waals surface area contributed by atoms with Gasteiger partial charge in [-0.25, -0.2) is 19.3 Å². The van der Waals surface area contributed by atoms with Crippen LogP contribution in [0.3, 0.4) is 0 Å². The zero-order chi connectivity index (χ0) is 23.2. The van der Waals surface area contributed by atoms with E-state index in [1.54, 1.807) is 24.4 Å². The quantitative estimate of drug-likeness (QED) is 0.365. The molecule has 0 spiro atoms. The number of nitrogens with one attached hydrogen (secondary N) is 2. The van der Waals surface area contributed by atoms with Crippen LogP contribution in [0.1, 0.15) is 18.7 Å². The van der Waals surface area contributed by atoms with Crippen LogP contribution in [0.5, 0.6) is 5.75 Å². The van der Waals surface area contributed by atoms with Gasteiger partial charge in [0.05, 0.1) is 34.6 Å². The largest absolute Gasteiger partial charge is 0.490 e. The van der Waals surface area contributed by atoms with E-state index in [1.807, 2.05) is 35.9 Å². The molecule has 170 valence electrons. The van der Waals surface area contributed by atoms with Gasteiger partial charge in [-0.3, -0.25) is 0 Å². The molecule has 9 heteroatoms. The SMILES string of the molecule is CC(c1cnc(-c2ccccc2F)[nH]1)n1cc(-c2ccc3c(c2)OCCN3)c2c(N)ncnc21. The number of nitrogens with two attached hydrogens (primary N) is 1. The Morgan fingerprint density at radius 3 is 2.88 bits per heavy atom. The van der Waals surface area contributed by atoms with Gasteiger partial charge in [-0.1, -0.05) is 18.2 Å². The summed E-state index contributed by atoms with van der Waals surface area (Å²) in [7, 11) is 0. The topological polar surface area (TPSA) is 107 Å². The van der Waals surface area contributed by atoms with Gasteiger partial charge in [-0.15, -0.1) is 0 Å². The zero-order valence-electron chi connectivity index (χ0n) is 18.4. The molecule has 1 aliphatic heterocycles. The predicted molar refractivity (Wildman–Crippen MR) is 129 cm³/mol. The predicted octanol–water partition coefficient (Wildman–Crippen LogP) is 4.62. The van der Waals surface area contributed by atoms with E-state index in [-0.39, 0.29) is 11.9 Å². The lowest BCUT2D eigenvalue weighted by molar-refractivity contribution is 0.323. The third kappa shape index (κ3) is 3.24. The van der Waals surface area contributed by atoms with Crippen molar-refractivity contribution in [2.45, 2.75) is 13.0 Å². The summed E-state index contributed by atoms with van der Waals surface area (Å²) in [6.45, 7) is 3.42. The number of benzene rings is 2. The summed E-state index contributed by atoms with van der Waals surface area (Å²) in [4.78, 5) is 16.4. The van der Waals surface area contributed by atoms with Gasteiger partial charge in [0.15, 0.2) is 0 Å². The number of aromatic amines is 1. The van der Waals surface area contributed by atoms with Crippen molar-refractivity contribution in [3.63, 3.8) is 0 Å². The number of hydrogen-bond donors (Lipinski definition) is 3. The average Bonchev–Trinajstić information content (AvgIpc) is 3.50. The Morgan fingerprint density at radius 1 is 1.12 bits per heavy atom. The fourth-order valence-corrected chi connectivity index (χ4v) is 4.41. The third-order valence-corrected chi connectivity index (χ3v) is 6.20. The first-order chi connectivity index (χ1) is 16.6. The minimum atomic E-state index is -0.325. The van der Waals surface area contributed by atoms with Crippen molar-refractivity contribution in [2.75, 3.05) is 24.2 Å². The molecule has 1 aliphatic rings. The summed E-state index contributed by atoms with van der Waals surface area (Å²) in [6.07, 6.45) is 5.20. The summed E-state index contributed by atoms with van der Waals surface area (Å²) < 4.78 is 22.1. The molecule has 0 saturated carbocycles. The molecule has 1 atom stereocenters. The van der Waals surface area contributed by atoms with Crippen molar-refractivity contribution in [1.29, 1.82) is 0 Å². The minimum absolute atomic E-state index is 0.172. The number of H-pyrrole nitrogens is 1. The number of anilines is 2. The van der Waals surface area contributed by atoms with E-state index < -0.39 is 0 Å². The second-order valence-corrected chi connectivity index (χ2v) is 8.24. The first-order valence-electron chi connectivity index (χ1n) is 11.0. The smallest absolute Gasteiger partial charge is 0.146 e. The van der Waals surface area contributed by atoms with Crippen molar-refractivity contribution >= 4 is 22.5 Å². The number of halogens is 1. The van der Waals surface area contributed by atoms with Crippen LogP contribution >= 0.6 is 0 Å². The van der Waals surface area contributed by atoms with Gasteiger partial charge in [0.1, 0.15) is 41.8 Å². The highest BCUT2D eigenvalue weighted by Gasteiger charge is 2.22. The van der Waals surface area contributed by atoms with E-state index in [0.29, 0.717) is 29.5 Å². The van der Waals surface area contributed by atoms with Crippen LogP contribution in [0.25, 0.3) is 33.5 Å². The Kier molecular flexibility index (Phi) is 4.68. The molecular formula is C25H22FN7O. The van der Waals surface area contributed by atoms with Gasteiger partial charge < -0.3 is 25.3 Å². The summed E-state index contributed by atoms with van der Waals surface area (Å²) in [5, 5.41) is 4.11. The zero-order valence-corrected chi connectivity index (χ0v) is 18.4. The lowest BCUT2D eigenvalue weighted by Crippen LogP contribution is -2.17. The van der Waals surface area contributed by atoms with Crippen LogP contribution in [0.15, 0.2) is 61.2 Å². The highest BCUT2D eigenvalue weighted by Crippen LogP contribution is 2.39. The molecular weight excluding hydrogens is 433 g/mol. The van der Waals surface area contributed by atoms with Gasteiger partial charge in [0.25, 0.3) is 0 Å². The Morgan fingerprint density at radius 2 is 2.00 bits per heavy atom. The molecule has 2 aromatic carbocycles. The van der Waals surface area contributed by atoms with Gasteiger partial charge in [0.2, 0.25) is 0 Å². The van der Waals surface area contributed by atoms with E-state index in [9.17, 15) is 4.39 Å². The van der Waals surface area contributed by atoms with E-state index >= 15 is 0 Å². The second-order valence-electron chi connectivity index (χ2n) is 8.24. The minimum Gasteiger partial charge on any atom is -0.490 e. The number of nitrogens with zero attached hydrogens (tertiary/aromatic N) is 4. The van der Waals surface area contributed by atoms with Crippen LogP contribution in [0.2, 0.25) is 0 Å². The highest BCUT2D eigenvalue weighted by molar-refractivity contribution is 6.01. The maximum absolute atomic E-state index is 14.3. The second kappa shape index (κ2) is 7.87. The van der Waals surface area contributed by atoms with Crippen LogP contribution in [-0.4, -0.2) is 37.7 Å². The number of nitrogen functional groups attached to an aromatic ring is 1. The lowest BCUT2D eigenvalue weighted by atomic mass is 10.0. The standard InChI is InChI=1S/C25H22FN7O/c1-14(20-11-29-24(32-20)16-4-2-3-5-18(16)26)33-12-17(22-23(27)30-13-31-25(22)33)15-6-7-19-21(10-15)34-9-8-28-19/h2-7,10-14,28H,8-9H2,1H3,(H,29,32)(H2,27,30,31). The van der Waals surface area contributed by atoms with Gasteiger partial charge in [-0.2, -0.15) is 0 Å². The van der Waals surface area contributed by atoms with Crippen molar-refractivity contribution < 1.29 is 9.13 Å². The Hall–Kier alpha value is -4.40. The molecule has 0 radical (unpaired) electrons. The summed E-state index contributed by atoms with van der Waals surface area (Å²) in [5.74, 6) is 1.36. The number of hydrogen-bond acceptors (Lipinski definition) is 6. The van der Waals surface area contributed by atoms with E-state index in [1.165, 1.54) is 12.4 Å². The van der Waals surface area contributed by atoms with Crippen molar-refractivity contribution in [3.05, 3.63) is 72.7 Å². The van der Waals surface area contributed by atoms with E-state index in [4.69, 9.17) is 10.5 Å². The lowest BCUT2D eigenvalue weighted by Gasteiger charge is -2.19. The molecule has 0 saturated heterocycles. The number of rotatable bonds is 4. The fourth-order valence-electron chi connectivity index (χ4n) is 4.41. The normalized spacial score (nSPS) is 13.8. The first-order valence-corrected chi connectivity index (χ1v) is 11.0. The molecule has 4 heterocycles. The van der Waals surface area contributed by atoms with Gasteiger partial charge in [-0.05, 0) is 36.8 Å². The number of aromatic nitrogens is 5. The van der Waals surface area contributed by atoms with Crippen LogP contribution in [-0.2, 0) is 0 Å². The summed E-state index contributed by atoms with van der Waals surface area (Å²) in [6, 6.07) is 12.4. The molecule has 0 fully saturated rings. The molecule has 0 bridgehead atoms. The van der Waals surface area contributed by atoms with E-state index in [2.05, 4.69) is 25.3 Å². The molecule has 6 rings (SSSR count). The van der Waals surface area contributed by atoms with Crippen LogP contribution in [0, 0.1) is 5.82 Å². The Balaban J connectivity index is 1.45. The third-order valence-electron chi connectivity index (χ3n) is 6.20. The van der Waals surface area contributed by atoms with Crippen molar-refractivity contribution in [2.24, 2.45) is 0 Å². The monoisotopic (exact) mass is 455 g/mol. The Bertz CT molecular complexity index is 1520.